The van der Waals surface area contributed by atoms with Gasteiger partial charge in [-0.15, -0.1) is 0 Å². The maximum Gasteiger partial charge on any atom is 0.131 e. The number of halogens is 2. The zero-order valence-corrected chi connectivity index (χ0v) is 12.2. The van der Waals surface area contributed by atoms with E-state index in [0.29, 0.717) is 6.54 Å². The maximum atomic E-state index is 13.5. The van der Waals surface area contributed by atoms with Crippen LogP contribution in [0, 0.1) is 11.6 Å². The monoisotopic (exact) mass is 286 g/mol. The number of likely N-dealkylation sites (N-methyl/N-ethyl adjacent to an activating group) is 1. The second-order valence-electron chi connectivity index (χ2n) is 4.79. The van der Waals surface area contributed by atoms with Crippen molar-refractivity contribution in [2.24, 2.45) is 0 Å². The molecule has 0 aromatic heterocycles. The molecule has 5 heteroatoms. The van der Waals surface area contributed by atoms with Crippen molar-refractivity contribution < 1.29 is 13.9 Å². The molecular formula is C15H24F2N2O. The molecule has 1 unspecified atom stereocenters. The number of rotatable bonds is 9. The molecule has 0 fully saturated rings. The molecule has 0 radical (unpaired) electrons. The molecule has 0 aliphatic rings. The fourth-order valence-electron chi connectivity index (χ4n) is 2.15. The maximum absolute atomic E-state index is 13.5. The molecule has 2 N–H and O–H groups in total. The predicted molar refractivity (Wildman–Crippen MR) is 76.6 cm³/mol. The minimum atomic E-state index is -1.17. The SMILES string of the molecule is CCCN(CC)CCNCC(O)c1c(F)cccc1F. The summed E-state index contributed by atoms with van der Waals surface area (Å²) in [5, 5.41) is 12.9. The summed E-state index contributed by atoms with van der Waals surface area (Å²) in [6, 6.07) is 3.60. The molecule has 1 atom stereocenters. The van der Waals surface area contributed by atoms with E-state index in [0.717, 1.165) is 38.2 Å². The Kier molecular flexibility index (Phi) is 7.65. The Morgan fingerprint density at radius 3 is 2.40 bits per heavy atom. The summed E-state index contributed by atoms with van der Waals surface area (Å²) in [6.07, 6.45) is -0.0749. The average Bonchev–Trinajstić information content (AvgIpc) is 2.42. The van der Waals surface area contributed by atoms with Crippen molar-refractivity contribution in [3.05, 3.63) is 35.4 Å². The largest absolute Gasteiger partial charge is 0.387 e. The second kappa shape index (κ2) is 9.00. The van der Waals surface area contributed by atoms with Crippen LogP contribution < -0.4 is 5.32 Å². The molecule has 0 saturated carbocycles. The topological polar surface area (TPSA) is 35.5 Å². The first-order valence-electron chi connectivity index (χ1n) is 7.15. The Bertz CT molecular complexity index is 381. The van der Waals surface area contributed by atoms with Crippen molar-refractivity contribution in [1.82, 2.24) is 10.2 Å². The van der Waals surface area contributed by atoms with E-state index < -0.39 is 17.7 Å². The normalized spacial score (nSPS) is 12.9. The molecule has 1 rings (SSSR count). The summed E-state index contributed by atoms with van der Waals surface area (Å²) in [7, 11) is 0. The number of nitrogens with zero attached hydrogens (tertiary/aromatic N) is 1. The van der Waals surface area contributed by atoms with Gasteiger partial charge < -0.3 is 15.3 Å². The summed E-state index contributed by atoms with van der Waals surface area (Å²) in [5.41, 5.74) is -0.263. The molecular weight excluding hydrogens is 262 g/mol. The first-order valence-corrected chi connectivity index (χ1v) is 7.15. The predicted octanol–water partition coefficient (Wildman–Crippen LogP) is 2.32. The number of aliphatic hydroxyl groups excluding tert-OH is 1. The van der Waals surface area contributed by atoms with Gasteiger partial charge in [-0.2, -0.15) is 0 Å². The van der Waals surface area contributed by atoms with Crippen LogP contribution in [-0.2, 0) is 0 Å². The lowest BCUT2D eigenvalue weighted by atomic mass is 10.1. The highest BCUT2D eigenvalue weighted by molar-refractivity contribution is 5.22. The van der Waals surface area contributed by atoms with Gasteiger partial charge in [0.2, 0.25) is 0 Å². The molecule has 0 saturated heterocycles. The Labute approximate surface area is 119 Å². The third kappa shape index (κ3) is 5.15. The van der Waals surface area contributed by atoms with Gasteiger partial charge in [0, 0.05) is 19.6 Å². The van der Waals surface area contributed by atoms with E-state index in [9.17, 15) is 13.9 Å². The van der Waals surface area contributed by atoms with E-state index in [2.05, 4.69) is 24.1 Å². The second-order valence-corrected chi connectivity index (χ2v) is 4.79. The smallest absolute Gasteiger partial charge is 0.131 e. The van der Waals surface area contributed by atoms with Gasteiger partial charge in [0.1, 0.15) is 11.6 Å². The summed E-state index contributed by atoms with van der Waals surface area (Å²) >= 11 is 0. The molecule has 0 bridgehead atoms. The van der Waals surface area contributed by atoms with Gasteiger partial charge in [-0.05, 0) is 31.6 Å². The number of hydrogen-bond donors (Lipinski definition) is 2. The van der Waals surface area contributed by atoms with Crippen molar-refractivity contribution >= 4 is 0 Å². The number of aliphatic hydroxyl groups is 1. The minimum Gasteiger partial charge on any atom is -0.387 e. The first-order chi connectivity index (χ1) is 9.60. The van der Waals surface area contributed by atoms with Crippen LogP contribution in [0.3, 0.4) is 0 Å². The molecule has 0 spiro atoms. The number of nitrogens with one attached hydrogen (secondary N) is 1. The molecule has 114 valence electrons. The van der Waals surface area contributed by atoms with Crippen LogP contribution in [0.2, 0.25) is 0 Å². The molecule has 0 heterocycles. The van der Waals surface area contributed by atoms with E-state index >= 15 is 0 Å². The fourth-order valence-corrected chi connectivity index (χ4v) is 2.15. The van der Waals surface area contributed by atoms with E-state index in [-0.39, 0.29) is 12.1 Å². The third-order valence-electron chi connectivity index (χ3n) is 3.26. The van der Waals surface area contributed by atoms with Crippen LogP contribution in [0.25, 0.3) is 0 Å². The van der Waals surface area contributed by atoms with E-state index in [4.69, 9.17) is 0 Å². The van der Waals surface area contributed by atoms with Crippen LogP contribution in [-0.4, -0.2) is 42.7 Å². The van der Waals surface area contributed by atoms with Crippen LogP contribution in [0.15, 0.2) is 18.2 Å². The van der Waals surface area contributed by atoms with Crippen molar-refractivity contribution in [2.45, 2.75) is 26.4 Å². The van der Waals surface area contributed by atoms with Crippen molar-refractivity contribution in [3.63, 3.8) is 0 Å². The van der Waals surface area contributed by atoms with Gasteiger partial charge in [-0.3, -0.25) is 0 Å². The molecule has 0 amide bonds. The van der Waals surface area contributed by atoms with Gasteiger partial charge in [-0.1, -0.05) is 19.9 Å². The summed E-state index contributed by atoms with van der Waals surface area (Å²) in [4.78, 5) is 2.28. The fraction of sp³-hybridized carbons (Fsp3) is 0.600. The quantitative estimate of drug-likeness (QED) is 0.684. The Morgan fingerprint density at radius 1 is 1.20 bits per heavy atom. The van der Waals surface area contributed by atoms with Crippen LogP contribution in [0.5, 0.6) is 0 Å². The van der Waals surface area contributed by atoms with Gasteiger partial charge in [0.05, 0.1) is 11.7 Å². The highest BCUT2D eigenvalue weighted by Gasteiger charge is 2.17. The average molecular weight is 286 g/mol. The summed E-state index contributed by atoms with van der Waals surface area (Å²) in [6.45, 7) is 7.90. The zero-order chi connectivity index (χ0) is 15.0. The van der Waals surface area contributed by atoms with Crippen molar-refractivity contribution in [3.8, 4) is 0 Å². The van der Waals surface area contributed by atoms with E-state index in [1.54, 1.807) is 0 Å². The lowest BCUT2D eigenvalue weighted by molar-refractivity contribution is 0.163. The van der Waals surface area contributed by atoms with Crippen molar-refractivity contribution in [2.75, 3.05) is 32.7 Å². The van der Waals surface area contributed by atoms with Gasteiger partial charge in [0.15, 0.2) is 0 Å². The lowest BCUT2D eigenvalue weighted by Gasteiger charge is -2.20. The van der Waals surface area contributed by atoms with Crippen LogP contribution in [0.1, 0.15) is 31.9 Å². The summed E-state index contributed by atoms with van der Waals surface area (Å²) in [5.74, 6) is -1.42. The van der Waals surface area contributed by atoms with E-state index in [1.165, 1.54) is 6.07 Å². The zero-order valence-electron chi connectivity index (χ0n) is 12.2. The molecule has 1 aromatic carbocycles. The Hall–Kier alpha value is -1.04. The van der Waals surface area contributed by atoms with E-state index in [1.807, 2.05) is 0 Å². The molecule has 3 nitrogen and oxygen atoms in total. The Morgan fingerprint density at radius 2 is 1.85 bits per heavy atom. The molecule has 20 heavy (non-hydrogen) atoms. The highest BCUT2D eigenvalue weighted by atomic mass is 19.1. The van der Waals surface area contributed by atoms with Gasteiger partial charge >= 0.3 is 0 Å². The van der Waals surface area contributed by atoms with Crippen LogP contribution >= 0.6 is 0 Å². The van der Waals surface area contributed by atoms with Gasteiger partial charge in [0.25, 0.3) is 0 Å². The number of hydrogen-bond acceptors (Lipinski definition) is 3. The van der Waals surface area contributed by atoms with Crippen molar-refractivity contribution in [1.29, 1.82) is 0 Å². The third-order valence-corrected chi connectivity index (χ3v) is 3.26. The first kappa shape index (κ1) is 17.0. The molecule has 0 aliphatic carbocycles. The highest BCUT2D eigenvalue weighted by Crippen LogP contribution is 2.19. The standard InChI is InChI=1S/C15H24F2N2O/c1-3-9-19(4-2)10-8-18-11-14(20)15-12(16)6-5-7-13(15)17/h5-7,14,18,20H,3-4,8-11H2,1-2H3. The number of benzene rings is 1. The molecule has 1 aromatic rings. The lowest BCUT2D eigenvalue weighted by Crippen LogP contribution is -2.34. The Balaban J connectivity index is 2.38. The van der Waals surface area contributed by atoms with Gasteiger partial charge in [-0.25, -0.2) is 8.78 Å². The summed E-state index contributed by atoms with van der Waals surface area (Å²) < 4.78 is 26.9. The minimum absolute atomic E-state index is 0.140. The van der Waals surface area contributed by atoms with Crippen LogP contribution in [0.4, 0.5) is 8.78 Å². The molecule has 0 aliphatic heterocycles.